The molecular weight excluding hydrogens is 510 g/mol. The van der Waals surface area contributed by atoms with Gasteiger partial charge in [0.25, 0.3) is 0 Å². The average molecular weight is 551 g/mol. The number of hydrogen-bond acceptors (Lipinski definition) is 4. The van der Waals surface area contributed by atoms with Gasteiger partial charge in [0, 0.05) is 0 Å². The van der Waals surface area contributed by atoms with E-state index in [1.807, 2.05) is 0 Å². The molecule has 0 aliphatic heterocycles. The van der Waals surface area contributed by atoms with E-state index < -0.39 is 31.1 Å². The molecule has 0 aromatic rings. The van der Waals surface area contributed by atoms with Crippen molar-refractivity contribution in [3.05, 3.63) is 4.13 Å². The van der Waals surface area contributed by atoms with Crippen LogP contribution in [0.3, 0.4) is 0 Å². The Kier molecular flexibility index (Phi) is 16.9. The lowest BCUT2D eigenvalue weighted by atomic mass is 10.1. The molecule has 14 heteroatoms. The Morgan fingerprint density at radius 2 is 0.853 bits per heavy atom. The van der Waals surface area contributed by atoms with Gasteiger partial charge in [-0.05, 0) is 33.6 Å². The standard InChI is InChI=1S/C18H40N.C2F6NO4S2/c1-5-9-10-11-12-13-14-15-16-17-18-19(6-2,7-3)8-4;3-1(4,5)14(10,11)9-15(12,13)2(6,7)8/h5-18H2,1-4H3;/q+1;-1. The second-order valence-corrected chi connectivity index (χ2v) is 11.5. The first-order valence-electron chi connectivity index (χ1n) is 11.7. The van der Waals surface area contributed by atoms with E-state index in [1.54, 1.807) is 0 Å². The van der Waals surface area contributed by atoms with Crippen LogP contribution in [0.25, 0.3) is 4.13 Å². The summed E-state index contributed by atoms with van der Waals surface area (Å²) >= 11 is 0. The van der Waals surface area contributed by atoms with Crippen LogP contribution in [0, 0.1) is 0 Å². The summed E-state index contributed by atoms with van der Waals surface area (Å²) < 4.78 is 111. The molecule has 0 unspecified atom stereocenters. The third-order valence-electron chi connectivity index (χ3n) is 5.78. The van der Waals surface area contributed by atoms with Crippen LogP contribution in [0.4, 0.5) is 26.3 Å². The molecule has 0 saturated heterocycles. The van der Waals surface area contributed by atoms with Crippen molar-refractivity contribution in [3.63, 3.8) is 0 Å². The zero-order valence-electron chi connectivity index (χ0n) is 20.5. The summed E-state index contributed by atoms with van der Waals surface area (Å²) in [6.07, 6.45) is 14.5. The monoisotopic (exact) mass is 550 g/mol. The SMILES string of the molecule is CCCCCCCCCCCC[N+](CC)(CC)CC.O=S(=O)([N-]S(=O)(=O)C(F)(F)F)C(F)(F)F. The number of quaternary nitrogens is 1. The minimum Gasteiger partial charge on any atom is -0.421 e. The highest BCUT2D eigenvalue weighted by Gasteiger charge is 2.46. The molecule has 0 rings (SSSR count). The third kappa shape index (κ3) is 14.1. The molecule has 0 aliphatic carbocycles. The van der Waals surface area contributed by atoms with Crippen molar-refractivity contribution in [1.29, 1.82) is 0 Å². The fourth-order valence-electron chi connectivity index (χ4n) is 3.29. The highest BCUT2D eigenvalue weighted by molar-refractivity contribution is 8.13. The Balaban J connectivity index is 0. The van der Waals surface area contributed by atoms with E-state index in [4.69, 9.17) is 0 Å². The molecule has 0 aliphatic rings. The van der Waals surface area contributed by atoms with Gasteiger partial charge in [0.05, 0.1) is 26.2 Å². The molecule has 0 heterocycles. The highest BCUT2D eigenvalue weighted by atomic mass is 32.3. The van der Waals surface area contributed by atoms with Crippen molar-refractivity contribution >= 4 is 20.0 Å². The second kappa shape index (κ2) is 16.2. The zero-order chi connectivity index (χ0) is 27.1. The van der Waals surface area contributed by atoms with Gasteiger partial charge < -0.3 is 8.61 Å². The number of hydrogen-bond donors (Lipinski definition) is 0. The van der Waals surface area contributed by atoms with Crippen LogP contribution in [0.1, 0.15) is 91.9 Å². The predicted octanol–water partition coefficient (Wildman–Crippen LogP) is 6.84. The fraction of sp³-hybridized carbons (Fsp3) is 1.00. The van der Waals surface area contributed by atoms with Gasteiger partial charge in [-0.25, -0.2) is 16.8 Å². The van der Waals surface area contributed by atoms with Crippen LogP contribution in [0.2, 0.25) is 0 Å². The summed E-state index contributed by atoms with van der Waals surface area (Å²) in [6, 6.07) is 0. The number of rotatable bonds is 16. The molecule has 34 heavy (non-hydrogen) atoms. The number of halogens is 6. The molecule has 0 saturated carbocycles. The van der Waals surface area contributed by atoms with E-state index in [9.17, 15) is 43.2 Å². The number of nitrogens with zero attached hydrogens (tertiary/aromatic N) is 2. The molecule has 208 valence electrons. The largest absolute Gasteiger partial charge is 0.480 e. The number of sulfonamides is 2. The van der Waals surface area contributed by atoms with Gasteiger partial charge in [-0.3, -0.25) is 0 Å². The van der Waals surface area contributed by atoms with E-state index in [0.29, 0.717) is 0 Å². The lowest BCUT2D eigenvalue weighted by molar-refractivity contribution is -0.923. The Bertz CT molecular complexity index is 685. The van der Waals surface area contributed by atoms with E-state index >= 15 is 0 Å². The lowest BCUT2D eigenvalue weighted by Gasteiger charge is -2.35. The van der Waals surface area contributed by atoms with Gasteiger partial charge in [0.2, 0.25) is 0 Å². The van der Waals surface area contributed by atoms with E-state index in [1.165, 1.54) is 94.9 Å². The second-order valence-electron chi connectivity index (χ2n) is 8.11. The van der Waals surface area contributed by atoms with Crippen molar-refractivity contribution in [3.8, 4) is 0 Å². The van der Waals surface area contributed by atoms with Gasteiger partial charge >= 0.3 is 11.0 Å². The van der Waals surface area contributed by atoms with E-state index in [0.717, 1.165) is 4.13 Å². The molecule has 0 aromatic carbocycles. The Morgan fingerprint density at radius 3 is 1.12 bits per heavy atom. The van der Waals surface area contributed by atoms with Gasteiger partial charge in [-0.15, -0.1) is 0 Å². The summed E-state index contributed by atoms with van der Waals surface area (Å²) in [5.41, 5.74) is -12.4. The van der Waals surface area contributed by atoms with Crippen LogP contribution >= 0.6 is 0 Å². The molecule has 0 bridgehead atoms. The van der Waals surface area contributed by atoms with Crippen LogP contribution in [0.5, 0.6) is 0 Å². The molecule has 0 amide bonds. The first-order chi connectivity index (χ1) is 15.4. The van der Waals surface area contributed by atoms with Crippen LogP contribution < -0.4 is 0 Å². The molecular formula is C20H40F6N2O4S2. The average Bonchev–Trinajstić information content (AvgIpc) is 2.71. The first kappa shape index (κ1) is 35.6. The molecule has 6 nitrogen and oxygen atoms in total. The first-order valence-corrected chi connectivity index (χ1v) is 14.5. The van der Waals surface area contributed by atoms with Gasteiger partial charge in [0.15, 0.2) is 20.0 Å². The molecule has 0 atom stereocenters. The molecule has 0 radical (unpaired) electrons. The topological polar surface area (TPSA) is 82.4 Å². The molecule has 0 N–H and O–H groups in total. The normalized spacial score (nSPS) is 13.5. The predicted molar refractivity (Wildman–Crippen MR) is 122 cm³/mol. The summed E-state index contributed by atoms with van der Waals surface area (Å²) in [5, 5.41) is 0. The van der Waals surface area contributed by atoms with Crippen LogP contribution in [-0.4, -0.2) is 58.5 Å². The zero-order valence-corrected chi connectivity index (χ0v) is 22.1. The molecule has 0 fully saturated rings. The van der Waals surface area contributed by atoms with E-state index in [2.05, 4.69) is 27.7 Å². The van der Waals surface area contributed by atoms with Crippen molar-refractivity contribution in [2.24, 2.45) is 0 Å². The summed E-state index contributed by atoms with van der Waals surface area (Å²) in [5.74, 6) is 0. The maximum absolute atomic E-state index is 11.4. The molecule has 0 aromatic heterocycles. The third-order valence-corrected chi connectivity index (χ3v) is 8.52. The quantitative estimate of drug-likeness (QED) is 0.120. The highest BCUT2D eigenvalue weighted by Crippen LogP contribution is 2.36. The van der Waals surface area contributed by atoms with Gasteiger partial charge in [0.1, 0.15) is 0 Å². The van der Waals surface area contributed by atoms with E-state index in [-0.39, 0.29) is 0 Å². The summed E-state index contributed by atoms with van der Waals surface area (Å²) in [6.45, 7) is 14.7. The van der Waals surface area contributed by atoms with Crippen molar-refractivity contribution in [2.45, 2.75) is 103 Å². The number of unbranched alkanes of at least 4 members (excludes halogenated alkanes) is 9. The maximum atomic E-state index is 11.4. The van der Waals surface area contributed by atoms with Crippen molar-refractivity contribution < 1.29 is 47.7 Å². The van der Waals surface area contributed by atoms with Gasteiger partial charge in [-0.2, -0.15) is 26.3 Å². The van der Waals surface area contributed by atoms with Crippen LogP contribution in [-0.2, 0) is 20.0 Å². The Hall–Kier alpha value is -0.600. The van der Waals surface area contributed by atoms with Crippen molar-refractivity contribution in [2.75, 3.05) is 26.2 Å². The maximum Gasteiger partial charge on any atom is 0.480 e. The summed E-state index contributed by atoms with van der Waals surface area (Å²) in [7, 11) is -13.4. The fourth-order valence-corrected chi connectivity index (χ4v) is 5.00. The lowest BCUT2D eigenvalue weighted by Crippen LogP contribution is -2.48. The smallest absolute Gasteiger partial charge is 0.421 e. The summed E-state index contributed by atoms with van der Waals surface area (Å²) in [4.78, 5) is 0. The minimum atomic E-state index is -6.72. The number of alkyl halides is 6. The Labute approximate surface area is 201 Å². The van der Waals surface area contributed by atoms with Crippen molar-refractivity contribution in [1.82, 2.24) is 0 Å². The Morgan fingerprint density at radius 1 is 0.559 bits per heavy atom. The minimum absolute atomic E-state index is 0.778. The van der Waals surface area contributed by atoms with Crippen LogP contribution in [0.15, 0.2) is 0 Å². The van der Waals surface area contributed by atoms with Gasteiger partial charge in [-0.1, -0.05) is 58.3 Å². The molecule has 0 spiro atoms.